The maximum absolute atomic E-state index is 9.24. The number of ether oxygens (including phenoxy) is 1. The molecule has 1 saturated heterocycles. The molecule has 0 aromatic heterocycles. The quantitative estimate of drug-likeness (QED) is 0.879. The van der Waals surface area contributed by atoms with Gasteiger partial charge in [-0.25, -0.2) is 0 Å². The van der Waals surface area contributed by atoms with E-state index in [2.05, 4.69) is 11.0 Å². The van der Waals surface area contributed by atoms with Gasteiger partial charge in [0.1, 0.15) is 6.07 Å². The molecule has 2 rings (SSSR count). The SMILES string of the molecule is CN(c1ccc(CN)cc1C#N)C1CCOCC1. The zero-order valence-corrected chi connectivity index (χ0v) is 10.7. The summed E-state index contributed by atoms with van der Waals surface area (Å²) in [5.74, 6) is 0. The number of hydrogen-bond donors (Lipinski definition) is 1. The van der Waals surface area contributed by atoms with Crippen LogP contribution in [0.5, 0.6) is 0 Å². The monoisotopic (exact) mass is 245 g/mol. The minimum absolute atomic E-state index is 0.453. The van der Waals surface area contributed by atoms with Crippen molar-refractivity contribution in [1.82, 2.24) is 0 Å². The summed E-state index contributed by atoms with van der Waals surface area (Å²) in [4.78, 5) is 2.20. The van der Waals surface area contributed by atoms with Crippen LogP contribution in [0.3, 0.4) is 0 Å². The molecule has 0 unspecified atom stereocenters. The smallest absolute Gasteiger partial charge is 0.101 e. The topological polar surface area (TPSA) is 62.3 Å². The first-order valence-electron chi connectivity index (χ1n) is 6.30. The van der Waals surface area contributed by atoms with Crippen molar-refractivity contribution in [3.8, 4) is 6.07 Å². The molecule has 96 valence electrons. The summed E-state index contributed by atoms with van der Waals surface area (Å²) >= 11 is 0. The van der Waals surface area contributed by atoms with Gasteiger partial charge >= 0.3 is 0 Å². The lowest BCUT2D eigenvalue weighted by Gasteiger charge is -2.33. The number of anilines is 1. The molecule has 1 heterocycles. The zero-order chi connectivity index (χ0) is 13.0. The number of rotatable bonds is 3. The molecule has 0 amide bonds. The number of nitriles is 1. The summed E-state index contributed by atoms with van der Waals surface area (Å²) in [5.41, 5.74) is 8.29. The van der Waals surface area contributed by atoms with E-state index in [0.29, 0.717) is 18.2 Å². The minimum atomic E-state index is 0.453. The Morgan fingerprint density at radius 1 is 1.44 bits per heavy atom. The van der Waals surface area contributed by atoms with Gasteiger partial charge in [0.05, 0.1) is 11.3 Å². The van der Waals surface area contributed by atoms with Crippen molar-refractivity contribution >= 4 is 5.69 Å². The van der Waals surface area contributed by atoms with Crippen molar-refractivity contribution in [3.63, 3.8) is 0 Å². The molecule has 4 heteroatoms. The fourth-order valence-electron chi connectivity index (χ4n) is 2.38. The van der Waals surface area contributed by atoms with Gasteiger partial charge in [-0.2, -0.15) is 5.26 Å². The Morgan fingerprint density at radius 2 is 2.17 bits per heavy atom. The highest BCUT2D eigenvalue weighted by molar-refractivity contribution is 5.60. The molecule has 1 aliphatic rings. The molecule has 0 aliphatic carbocycles. The number of hydrogen-bond acceptors (Lipinski definition) is 4. The summed E-state index contributed by atoms with van der Waals surface area (Å²) in [6.07, 6.45) is 2.03. The molecule has 0 atom stereocenters. The second kappa shape index (κ2) is 5.85. The molecule has 1 aromatic carbocycles. The molecular weight excluding hydrogens is 226 g/mol. The Hall–Kier alpha value is -1.57. The third kappa shape index (κ3) is 2.63. The molecule has 0 spiro atoms. The van der Waals surface area contributed by atoms with Gasteiger partial charge in [-0.1, -0.05) is 6.07 Å². The normalized spacial score (nSPS) is 16.3. The molecule has 0 saturated carbocycles. The molecule has 4 nitrogen and oxygen atoms in total. The van der Waals surface area contributed by atoms with Crippen LogP contribution in [0.1, 0.15) is 24.0 Å². The lowest BCUT2D eigenvalue weighted by molar-refractivity contribution is 0.0855. The lowest BCUT2D eigenvalue weighted by atomic mass is 10.0. The molecule has 1 aromatic rings. The van der Waals surface area contributed by atoms with E-state index in [1.807, 2.05) is 25.2 Å². The highest BCUT2D eigenvalue weighted by atomic mass is 16.5. The van der Waals surface area contributed by atoms with Crippen LogP contribution >= 0.6 is 0 Å². The van der Waals surface area contributed by atoms with Crippen molar-refractivity contribution in [3.05, 3.63) is 29.3 Å². The Labute approximate surface area is 108 Å². The van der Waals surface area contributed by atoms with E-state index in [0.717, 1.165) is 37.3 Å². The lowest BCUT2D eigenvalue weighted by Crippen LogP contribution is -2.37. The average Bonchev–Trinajstić information content (AvgIpc) is 2.46. The van der Waals surface area contributed by atoms with Gasteiger partial charge in [-0.3, -0.25) is 0 Å². The third-order valence-corrected chi connectivity index (χ3v) is 3.54. The van der Waals surface area contributed by atoms with Crippen LogP contribution in [0.25, 0.3) is 0 Å². The summed E-state index contributed by atoms with van der Waals surface area (Å²) in [5, 5.41) is 9.24. The molecule has 1 aliphatic heterocycles. The van der Waals surface area contributed by atoms with Gasteiger partial charge in [0.15, 0.2) is 0 Å². The van der Waals surface area contributed by atoms with E-state index in [-0.39, 0.29) is 0 Å². The van der Waals surface area contributed by atoms with Gasteiger partial charge in [-0.15, -0.1) is 0 Å². The number of benzene rings is 1. The van der Waals surface area contributed by atoms with Gasteiger partial charge in [-0.05, 0) is 30.5 Å². The van der Waals surface area contributed by atoms with Crippen LogP contribution in [-0.4, -0.2) is 26.3 Å². The van der Waals surface area contributed by atoms with E-state index >= 15 is 0 Å². The van der Waals surface area contributed by atoms with E-state index in [9.17, 15) is 5.26 Å². The summed E-state index contributed by atoms with van der Waals surface area (Å²) in [6.45, 7) is 2.07. The predicted molar refractivity (Wildman–Crippen MR) is 71.3 cm³/mol. The van der Waals surface area contributed by atoms with Crippen LogP contribution in [0.4, 0.5) is 5.69 Å². The molecular formula is C14H19N3O. The van der Waals surface area contributed by atoms with Crippen molar-refractivity contribution in [2.24, 2.45) is 5.73 Å². The predicted octanol–water partition coefficient (Wildman–Crippen LogP) is 1.63. The third-order valence-electron chi connectivity index (χ3n) is 3.54. The fraction of sp³-hybridized carbons (Fsp3) is 0.500. The molecule has 0 bridgehead atoms. The molecule has 2 N–H and O–H groups in total. The van der Waals surface area contributed by atoms with Crippen LogP contribution in [0, 0.1) is 11.3 Å². The van der Waals surface area contributed by atoms with Crippen molar-refractivity contribution < 1.29 is 4.74 Å². The summed E-state index contributed by atoms with van der Waals surface area (Å²) in [6, 6.07) is 8.58. The van der Waals surface area contributed by atoms with E-state index < -0.39 is 0 Å². The van der Waals surface area contributed by atoms with E-state index in [1.54, 1.807) is 0 Å². The Bertz CT molecular complexity index is 447. The number of nitrogens with zero attached hydrogens (tertiary/aromatic N) is 2. The standard InChI is InChI=1S/C14H19N3O/c1-17(13-4-6-18-7-5-13)14-3-2-11(9-15)8-12(14)10-16/h2-3,8,13H,4-7,9,15H2,1H3. The maximum atomic E-state index is 9.24. The zero-order valence-electron chi connectivity index (χ0n) is 10.7. The largest absolute Gasteiger partial charge is 0.381 e. The van der Waals surface area contributed by atoms with Crippen molar-refractivity contribution in [2.75, 3.05) is 25.2 Å². The summed E-state index contributed by atoms with van der Waals surface area (Å²) in [7, 11) is 2.05. The van der Waals surface area contributed by atoms with Gasteiger partial charge in [0.2, 0.25) is 0 Å². The highest BCUT2D eigenvalue weighted by Gasteiger charge is 2.20. The summed E-state index contributed by atoms with van der Waals surface area (Å²) < 4.78 is 5.37. The van der Waals surface area contributed by atoms with Crippen LogP contribution in [0.15, 0.2) is 18.2 Å². The highest BCUT2D eigenvalue weighted by Crippen LogP contribution is 2.25. The molecule has 0 radical (unpaired) electrons. The Kier molecular flexibility index (Phi) is 4.19. The number of nitrogens with two attached hydrogens (primary N) is 1. The Balaban J connectivity index is 2.23. The van der Waals surface area contributed by atoms with Crippen molar-refractivity contribution in [1.29, 1.82) is 5.26 Å². The fourth-order valence-corrected chi connectivity index (χ4v) is 2.38. The van der Waals surface area contributed by atoms with Gasteiger partial charge in [0, 0.05) is 32.8 Å². The van der Waals surface area contributed by atoms with Gasteiger partial charge < -0.3 is 15.4 Å². The second-order valence-electron chi connectivity index (χ2n) is 4.62. The average molecular weight is 245 g/mol. The van der Waals surface area contributed by atoms with Crippen molar-refractivity contribution in [2.45, 2.75) is 25.4 Å². The first kappa shape index (κ1) is 12.9. The molecule has 1 fully saturated rings. The first-order chi connectivity index (χ1) is 8.76. The Morgan fingerprint density at radius 3 is 2.78 bits per heavy atom. The molecule has 18 heavy (non-hydrogen) atoms. The van der Waals surface area contributed by atoms with E-state index in [1.165, 1.54) is 0 Å². The van der Waals surface area contributed by atoms with E-state index in [4.69, 9.17) is 10.5 Å². The first-order valence-corrected chi connectivity index (χ1v) is 6.30. The van der Waals surface area contributed by atoms with Gasteiger partial charge in [0.25, 0.3) is 0 Å². The second-order valence-corrected chi connectivity index (χ2v) is 4.62. The van der Waals surface area contributed by atoms with Crippen LogP contribution in [-0.2, 0) is 11.3 Å². The van der Waals surface area contributed by atoms with Crippen LogP contribution < -0.4 is 10.6 Å². The maximum Gasteiger partial charge on any atom is 0.101 e. The minimum Gasteiger partial charge on any atom is -0.381 e. The van der Waals surface area contributed by atoms with Crippen LogP contribution in [0.2, 0.25) is 0 Å².